The van der Waals surface area contributed by atoms with Gasteiger partial charge in [-0.2, -0.15) is 0 Å². The van der Waals surface area contributed by atoms with Crippen LogP contribution in [0.15, 0.2) is 95.3 Å². The van der Waals surface area contributed by atoms with Gasteiger partial charge in [0.2, 0.25) is 0 Å². The summed E-state index contributed by atoms with van der Waals surface area (Å²) in [5.74, 6) is 0.588. The molecule has 0 fully saturated rings. The van der Waals surface area contributed by atoms with E-state index in [0.29, 0.717) is 47.1 Å². The van der Waals surface area contributed by atoms with Crippen molar-refractivity contribution in [2.24, 2.45) is 0 Å². The van der Waals surface area contributed by atoms with Crippen LogP contribution < -0.4 is 19.5 Å². The number of hydrogen-bond acceptors (Lipinski definition) is 8. The van der Waals surface area contributed by atoms with Crippen LogP contribution in [0.5, 0.6) is 17.2 Å². The van der Waals surface area contributed by atoms with Crippen molar-refractivity contribution in [2.75, 3.05) is 27.4 Å². The molecule has 1 N–H and O–H groups in total. The van der Waals surface area contributed by atoms with Crippen LogP contribution >= 0.6 is 0 Å². The maximum absolute atomic E-state index is 14.2. The maximum Gasteiger partial charge on any atom is 0.336 e. The fourth-order valence-corrected chi connectivity index (χ4v) is 6.04. The minimum atomic E-state index is -0.661. The first kappa shape index (κ1) is 31.9. The topological polar surface area (TPSA) is 92.3 Å². The van der Waals surface area contributed by atoms with Crippen molar-refractivity contribution in [3.8, 4) is 17.2 Å². The summed E-state index contributed by atoms with van der Waals surface area (Å²) < 4.78 is 28.6. The smallest absolute Gasteiger partial charge is 0.336 e. The van der Waals surface area contributed by atoms with Gasteiger partial charge in [-0.1, -0.05) is 54.6 Å². The summed E-state index contributed by atoms with van der Waals surface area (Å²) in [5.41, 5.74) is 5.14. The zero-order valence-electron chi connectivity index (χ0n) is 26.6. The molecule has 8 heteroatoms. The van der Waals surface area contributed by atoms with Gasteiger partial charge in [-0.3, -0.25) is 4.79 Å². The molecule has 8 nitrogen and oxygen atoms in total. The highest BCUT2D eigenvalue weighted by molar-refractivity contribution is 6.04. The highest BCUT2D eigenvalue weighted by Gasteiger charge is 2.42. The molecule has 2 atom stereocenters. The zero-order valence-corrected chi connectivity index (χ0v) is 26.6. The number of rotatable bonds is 12. The number of carbonyl (C=O) groups excluding carboxylic acids is 2. The Balaban J connectivity index is 1.52. The molecule has 3 aromatic rings. The van der Waals surface area contributed by atoms with Gasteiger partial charge < -0.3 is 29.0 Å². The maximum atomic E-state index is 14.2. The van der Waals surface area contributed by atoms with E-state index in [1.165, 1.54) is 0 Å². The minimum Gasteiger partial charge on any atom is -0.493 e. The van der Waals surface area contributed by atoms with E-state index in [-0.39, 0.29) is 37.4 Å². The van der Waals surface area contributed by atoms with Gasteiger partial charge in [-0.25, -0.2) is 4.79 Å². The molecular weight excluding hydrogens is 570 g/mol. The van der Waals surface area contributed by atoms with Gasteiger partial charge in [0.15, 0.2) is 17.3 Å². The number of nitrogens with one attached hydrogen (secondary N) is 1. The van der Waals surface area contributed by atoms with Crippen molar-refractivity contribution in [3.05, 3.63) is 112 Å². The normalized spacial score (nSPS) is 18.0. The predicted molar refractivity (Wildman–Crippen MR) is 171 cm³/mol. The molecule has 0 saturated heterocycles. The summed E-state index contributed by atoms with van der Waals surface area (Å²) in [5, 5.41) is 3.43. The van der Waals surface area contributed by atoms with Crippen LogP contribution in [0.3, 0.4) is 0 Å². The number of esters is 1. The van der Waals surface area contributed by atoms with Crippen molar-refractivity contribution in [1.29, 1.82) is 0 Å². The van der Waals surface area contributed by atoms with Crippen molar-refractivity contribution in [2.45, 2.75) is 58.2 Å². The molecule has 0 aromatic heterocycles. The Bertz CT molecular complexity index is 1590. The number of allylic oxidation sites excluding steroid dienone is 3. The van der Waals surface area contributed by atoms with E-state index in [1.54, 1.807) is 14.2 Å². The van der Waals surface area contributed by atoms with Crippen LogP contribution in [0.1, 0.15) is 62.1 Å². The number of para-hydroxylation sites is 1. The highest BCUT2D eigenvalue weighted by Crippen LogP contribution is 2.48. The lowest BCUT2D eigenvalue weighted by Crippen LogP contribution is -2.36. The molecule has 1 heterocycles. The van der Waals surface area contributed by atoms with E-state index in [9.17, 15) is 9.59 Å². The van der Waals surface area contributed by atoms with E-state index < -0.39 is 11.9 Å². The molecule has 0 unspecified atom stereocenters. The summed E-state index contributed by atoms with van der Waals surface area (Å²) in [6.45, 7) is 6.45. The molecule has 236 valence electrons. The van der Waals surface area contributed by atoms with E-state index >= 15 is 0 Å². The number of dihydropyridines is 1. The molecule has 0 amide bonds. The summed E-state index contributed by atoms with van der Waals surface area (Å²) in [4.78, 5) is 27.9. The molecule has 3 aromatic carbocycles. The SMILES string of the molecule is COc1ccc([C@H]2CC(=O)C3=C(C2)NC(C)=C(C(=O)OCCOC(C)C)[C@@H]3c2ccccc2OCc2ccccc2)cc1OC. The average molecular weight is 612 g/mol. The van der Waals surface area contributed by atoms with Gasteiger partial charge in [0, 0.05) is 29.0 Å². The molecular formula is C37H41NO7. The Hall–Kier alpha value is -4.56. The number of Topliss-reactive ketones (excluding diaryl/α,β-unsaturated/α-hetero) is 1. The summed E-state index contributed by atoms with van der Waals surface area (Å²) in [6.07, 6.45) is 0.888. The monoisotopic (exact) mass is 611 g/mol. The van der Waals surface area contributed by atoms with Crippen molar-refractivity contribution >= 4 is 11.8 Å². The third-order valence-electron chi connectivity index (χ3n) is 8.16. The Morgan fingerprint density at radius 1 is 0.889 bits per heavy atom. The third kappa shape index (κ3) is 7.23. The number of ketones is 1. The first-order valence-corrected chi connectivity index (χ1v) is 15.3. The molecule has 1 aliphatic heterocycles. The van der Waals surface area contributed by atoms with E-state index in [1.807, 2.05) is 93.6 Å². The molecule has 45 heavy (non-hydrogen) atoms. The summed E-state index contributed by atoms with van der Waals surface area (Å²) >= 11 is 0. The van der Waals surface area contributed by atoms with E-state index in [0.717, 1.165) is 22.4 Å². The lowest BCUT2D eigenvalue weighted by atomic mass is 9.71. The van der Waals surface area contributed by atoms with Gasteiger partial charge in [0.25, 0.3) is 0 Å². The Morgan fingerprint density at radius 2 is 1.62 bits per heavy atom. The zero-order chi connectivity index (χ0) is 31.9. The van der Waals surface area contributed by atoms with Crippen LogP contribution in [-0.4, -0.2) is 45.3 Å². The van der Waals surface area contributed by atoms with Crippen molar-refractivity contribution < 1.29 is 33.3 Å². The van der Waals surface area contributed by atoms with Gasteiger partial charge in [0.05, 0.1) is 38.4 Å². The second-order valence-electron chi connectivity index (χ2n) is 11.5. The van der Waals surface area contributed by atoms with Crippen molar-refractivity contribution in [1.82, 2.24) is 5.32 Å². The Labute approximate surface area is 265 Å². The lowest BCUT2D eigenvalue weighted by molar-refractivity contribution is -0.141. The fourth-order valence-electron chi connectivity index (χ4n) is 6.04. The minimum absolute atomic E-state index is 0.0218. The van der Waals surface area contributed by atoms with Gasteiger partial charge in [-0.05, 0) is 62.4 Å². The number of carbonyl (C=O) groups is 2. The molecule has 0 radical (unpaired) electrons. The molecule has 0 saturated carbocycles. The van der Waals surface area contributed by atoms with E-state index in [4.69, 9.17) is 23.7 Å². The first-order chi connectivity index (χ1) is 21.8. The quantitative estimate of drug-likeness (QED) is 0.181. The second kappa shape index (κ2) is 14.5. The highest BCUT2D eigenvalue weighted by atomic mass is 16.6. The fraction of sp³-hybridized carbons (Fsp3) is 0.351. The van der Waals surface area contributed by atoms with Crippen LogP contribution in [0.4, 0.5) is 0 Å². The Kier molecular flexibility index (Phi) is 10.2. The molecule has 0 bridgehead atoms. The predicted octanol–water partition coefficient (Wildman–Crippen LogP) is 6.61. The number of benzene rings is 3. The third-order valence-corrected chi connectivity index (χ3v) is 8.16. The summed E-state index contributed by atoms with van der Waals surface area (Å²) in [6, 6.07) is 23.3. The van der Waals surface area contributed by atoms with Gasteiger partial charge in [0.1, 0.15) is 19.0 Å². The standard InChI is InChI=1S/C37H41NO7/c1-23(2)43-17-18-44-37(40)34-24(3)38-29-19-27(26-15-16-32(41-4)33(21-26)42-5)20-30(39)36(29)35(34)28-13-9-10-14-31(28)45-22-25-11-7-6-8-12-25/h6-16,21,23,27,35,38H,17-20,22H2,1-5H3/t27-,35+/m1/s1. The van der Waals surface area contributed by atoms with Crippen molar-refractivity contribution in [3.63, 3.8) is 0 Å². The van der Waals surface area contributed by atoms with Crippen LogP contribution in [0.2, 0.25) is 0 Å². The molecule has 0 spiro atoms. The number of hydrogen-bond donors (Lipinski definition) is 1. The molecule has 5 rings (SSSR count). The Morgan fingerprint density at radius 3 is 2.36 bits per heavy atom. The first-order valence-electron chi connectivity index (χ1n) is 15.3. The number of methoxy groups -OCH3 is 2. The average Bonchev–Trinajstić information content (AvgIpc) is 3.05. The van der Waals surface area contributed by atoms with E-state index in [2.05, 4.69) is 5.32 Å². The van der Waals surface area contributed by atoms with Crippen LogP contribution in [-0.2, 0) is 25.7 Å². The molecule has 1 aliphatic carbocycles. The van der Waals surface area contributed by atoms with Crippen LogP contribution in [0.25, 0.3) is 0 Å². The van der Waals surface area contributed by atoms with Gasteiger partial charge in [-0.15, -0.1) is 0 Å². The van der Waals surface area contributed by atoms with Crippen LogP contribution in [0, 0.1) is 0 Å². The summed E-state index contributed by atoms with van der Waals surface area (Å²) in [7, 11) is 3.20. The van der Waals surface area contributed by atoms with Gasteiger partial charge >= 0.3 is 5.97 Å². The molecule has 2 aliphatic rings. The lowest BCUT2D eigenvalue weighted by Gasteiger charge is -2.37. The number of ether oxygens (including phenoxy) is 5. The largest absolute Gasteiger partial charge is 0.493 e. The second-order valence-corrected chi connectivity index (χ2v) is 11.5.